The van der Waals surface area contributed by atoms with Crippen molar-refractivity contribution in [1.29, 1.82) is 0 Å². The maximum atomic E-state index is 12.1. The third-order valence-electron chi connectivity index (χ3n) is 4.25. The van der Waals surface area contributed by atoms with Crippen LogP contribution < -0.4 is 0 Å². The van der Waals surface area contributed by atoms with Crippen LogP contribution in [0, 0.1) is 36.3 Å². The van der Waals surface area contributed by atoms with Gasteiger partial charge in [-0.3, -0.25) is 35.1 Å². The zero-order valence-electron chi connectivity index (χ0n) is 12.6. The van der Waals surface area contributed by atoms with Crippen molar-refractivity contribution in [2.75, 3.05) is 6.54 Å². The standard InChI is InChI=1S/C14H15N3O7/c18-14-4-2-1-3-11(14)12(8-15(19)20)10-6-5-9(16(21)22)7-13(10)17(23)24/h5-7,11-12H,1-4,8H2/t11-,12-/m0/s1. The molecule has 128 valence electrons. The van der Waals surface area contributed by atoms with E-state index in [1.807, 2.05) is 0 Å². The lowest BCUT2D eigenvalue weighted by Crippen LogP contribution is -2.30. The highest BCUT2D eigenvalue weighted by atomic mass is 16.6. The summed E-state index contributed by atoms with van der Waals surface area (Å²) in [7, 11) is 0. The summed E-state index contributed by atoms with van der Waals surface area (Å²) in [5.41, 5.74) is -1.03. The second kappa shape index (κ2) is 7.11. The quantitative estimate of drug-likeness (QED) is 0.572. The number of carbonyl (C=O) groups is 1. The average molecular weight is 337 g/mol. The molecule has 0 heterocycles. The molecular weight excluding hydrogens is 322 g/mol. The van der Waals surface area contributed by atoms with Gasteiger partial charge in [-0.1, -0.05) is 6.42 Å². The molecule has 24 heavy (non-hydrogen) atoms. The van der Waals surface area contributed by atoms with Crippen LogP contribution in [0.15, 0.2) is 18.2 Å². The first-order valence-electron chi connectivity index (χ1n) is 7.38. The smallest absolute Gasteiger partial charge is 0.280 e. The highest BCUT2D eigenvalue weighted by molar-refractivity contribution is 5.83. The summed E-state index contributed by atoms with van der Waals surface area (Å²) >= 11 is 0. The second-order valence-corrected chi connectivity index (χ2v) is 5.70. The molecule has 0 radical (unpaired) electrons. The van der Waals surface area contributed by atoms with E-state index in [0.717, 1.165) is 18.2 Å². The van der Waals surface area contributed by atoms with Crippen molar-refractivity contribution in [1.82, 2.24) is 0 Å². The summed E-state index contributed by atoms with van der Waals surface area (Å²) in [6, 6.07) is 3.02. The Kier molecular flexibility index (Phi) is 5.17. The molecule has 0 saturated heterocycles. The predicted octanol–water partition coefficient (Wildman–Crippen LogP) is 2.62. The van der Waals surface area contributed by atoms with Crippen LogP contribution in [0.5, 0.6) is 0 Å². The largest absolute Gasteiger partial charge is 0.299 e. The molecule has 2 atom stereocenters. The number of nitro groups is 3. The molecule has 10 nitrogen and oxygen atoms in total. The van der Waals surface area contributed by atoms with E-state index in [1.54, 1.807) is 0 Å². The summed E-state index contributed by atoms with van der Waals surface area (Å²) in [5.74, 6) is -1.79. The van der Waals surface area contributed by atoms with E-state index in [4.69, 9.17) is 0 Å². The van der Waals surface area contributed by atoms with Gasteiger partial charge in [0.05, 0.1) is 21.8 Å². The number of nitrogens with zero attached hydrogens (tertiary/aromatic N) is 3. The first-order chi connectivity index (χ1) is 11.3. The van der Waals surface area contributed by atoms with E-state index in [1.165, 1.54) is 0 Å². The van der Waals surface area contributed by atoms with E-state index < -0.39 is 44.5 Å². The number of Topliss-reactive ketones (excluding diaryl/α,β-unsaturated/α-hetero) is 1. The lowest BCUT2D eigenvalue weighted by atomic mass is 9.75. The zero-order valence-corrected chi connectivity index (χ0v) is 12.6. The van der Waals surface area contributed by atoms with E-state index in [-0.39, 0.29) is 11.3 Å². The van der Waals surface area contributed by atoms with E-state index in [2.05, 4.69) is 0 Å². The Bertz CT molecular complexity index is 704. The Labute approximate surface area is 135 Å². The maximum Gasteiger partial charge on any atom is 0.280 e. The Morgan fingerprint density at radius 2 is 1.79 bits per heavy atom. The molecule has 1 aromatic carbocycles. The minimum absolute atomic E-state index is 0.00236. The van der Waals surface area contributed by atoms with E-state index in [9.17, 15) is 35.1 Å². The van der Waals surface area contributed by atoms with Gasteiger partial charge in [-0.15, -0.1) is 0 Å². The highest BCUT2D eigenvalue weighted by Gasteiger charge is 2.38. The molecule has 0 amide bonds. The first-order valence-corrected chi connectivity index (χ1v) is 7.38. The number of non-ortho nitro benzene ring substituents is 1. The third-order valence-corrected chi connectivity index (χ3v) is 4.25. The number of hydrogen-bond donors (Lipinski definition) is 0. The number of rotatable bonds is 6. The zero-order chi connectivity index (χ0) is 17.9. The third kappa shape index (κ3) is 3.70. The summed E-state index contributed by atoms with van der Waals surface area (Å²) in [5, 5.41) is 33.1. The van der Waals surface area contributed by atoms with Crippen molar-refractivity contribution in [2.45, 2.75) is 31.6 Å². The molecular formula is C14H15N3O7. The van der Waals surface area contributed by atoms with E-state index in [0.29, 0.717) is 25.7 Å². The summed E-state index contributed by atoms with van der Waals surface area (Å²) < 4.78 is 0. The Hall–Kier alpha value is -2.91. The summed E-state index contributed by atoms with van der Waals surface area (Å²) in [4.78, 5) is 43.1. The first kappa shape index (κ1) is 17.4. The molecule has 0 aromatic heterocycles. The van der Waals surface area contributed by atoms with Gasteiger partial charge in [0.15, 0.2) is 0 Å². The molecule has 10 heteroatoms. The minimum Gasteiger partial charge on any atom is -0.299 e. The molecule has 1 aliphatic carbocycles. The number of carbonyl (C=O) groups excluding carboxylic acids is 1. The van der Waals surface area contributed by atoms with Crippen LogP contribution in [0.1, 0.15) is 37.2 Å². The molecule has 1 fully saturated rings. The van der Waals surface area contributed by atoms with Crippen LogP contribution in [0.4, 0.5) is 11.4 Å². The number of nitro benzene ring substituents is 2. The summed E-state index contributed by atoms with van der Waals surface area (Å²) in [6.07, 6.45) is 2.12. The fourth-order valence-corrected chi connectivity index (χ4v) is 3.16. The van der Waals surface area contributed by atoms with Crippen LogP contribution in [0.3, 0.4) is 0 Å². The van der Waals surface area contributed by atoms with Crippen LogP contribution >= 0.6 is 0 Å². The molecule has 0 bridgehead atoms. The van der Waals surface area contributed by atoms with Gasteiger partial charge in [0.2, 0.25) is 6.54 Å². The molecule has 1 aliphatic rings. The van der Waals surface area contributed by atoms with Crippen molar-refractivity contribution in [3.8, 4) is 0 Å². The molecule has 2 rings (SSSR count). The fourth-order valence-electron chi connectivity index (χ4n) is 3.16. The highest BCUT2D eigenvalue weighted by Crippen LogP contribution is 2.39. The van der Waals surface area contributed by atoms with Crippen LogP contribution in [0.2, 0.25) is 0 Å². The molecule has 1 saturated carbocycles. The molecule has 0 spiro atoms. The molecule has 0 aliphatic heterocycles. The molecule has 1 aromatic rings. The Balaban J connectivity index is 2.52. The van der Waals surface area contributed by atoms with Gasteiger partial charge in [0.1, 0.15) is 5.78 Å². The van der Waals surface area contributed by atoms with Crippen LogP contribution in [-0.4, -0.2) is 27.1 Å². The van der Waals surface area contributed by atoms with Gasteiger partial charge < -0.3 is 0 Å². The van der Waals surface area contributed by atoms with Gasteiger partial charge in [-0.05, 0) is 18.9 Å². The van der Waals surface area contributed by atoms with Gasteiger partial charge in [-0.2, -0.15) is 0 Å². The van der Waals surface area contributed by atoms with E-state index >= 15 is 0 Å². The summed E-state index contributed by atoms with van der Waals surface area (Å²) in [6.45, 7) is -0.630. The average Bonchev–Trinajstić information content (AvgIpc) is 2.52. The SMILES string of the molecule is O=C1CCCC[C@H]1[C@@H](C[N+](=O)[O-])c1ccc([N+](=O)[O-])cc1[N+](=O)[O-]. The lowest BCUT2D eigenvalue weighted by molar-refractivity contribution is -0.485. The Morgan fingerprint density at radius 1 is 1.08 bits per heavy atom. The molecule has 0 N–H and O–H groups in total. The monoisotopic (exact) mass is 337 g/mol. The lowest BCUT2D eigenvalue weighted by Gasteiger charge is -2.26. The fraction of sp³-hybridized carbons (Fsp3) is 0.500. The number of ketones is 1. The number of benzene rings is 1. The number of hydrogen-bond acceptors (Lipinski definition) is 7. The van der Waals surface area contributed by atoms with Crippen molar-refractivity contribution < 1.29 is 19.6 Å². The van der Waals surface area contributed by atoms with Crippen molar-refractivity contribution in [2.24, 2.45) is 5.92 Å². The van der Waals surface area contributed by atoms with Crippen molar-refractivity contribution >= 4 is 17.2 Å². The van der Waals surface area contributed by atoms with Crippen LogP contribution in [0.25, 0.3) is 0 Å². The topological polar surface area (TPSA) is 146 Å². The van der Waals surface area contributed by atoms with Gasteiger partial charge in [0.25, 0.3) is 11.4 Å². The van der Waals surface area contributed by atoms with Crippen molar-refractivity contribution in [3.63, 3.8) is 0 Å². The predicted molar refractivity (Wildman–Crippen MR) is 81.3 cm³/mol. The molecule has 0 unspecified atom stereocenters. The van der Waals surface area contributed by atoms with Crippen LogP contribution in [-0.2, 0) is 4.79 Å². The second-order valence-electron chi connectivity index (χ2n) is 5.70. The Morgan fingerprint density at radius 3 is 2.33 bits per heavy atom. The minimum atomic E-state index is -0.964. The maximum absolute atomic E-state index is 12.1. The normalized spacial score (nSPS) is 18.8. The van der Waals surface area contributed by atoms with Gasteiger partial charge in [-0.25, -0.2) is 0 Å². The van der Waals surface area contributed by atoms with Gasteiger partial charge >= 0.3 is 0 Å². The van der Waals surface area contributed by atoms with Crippen molar-refractivity contribution in [3.05, 3.63) is 54.1 Å². The van der Waals surface area contributed by atoms with Gasteiger partial charge in [0, 0.05) is 28.9 Å².